The highest BCUT2D eigenvalue weighted by Gasteiger charge is 2.43. The molecule has 7 heteroatoms. The summed E-state index contributed by atoms with van der Waals surface area (Å²) in [5.41, 5.74) is 4.33. The number of imide groups is 1. The van der Waals surface area contributed by atoms with Crippen molar-refractivity contribution in [3.8, 4) is 0 Å². The number of rotatable bonds is 4. The minimum absolute atomic E-state index is 0.258. The SMILES string of the molecule is Cc1ccc(SC2=C(N3CCc4ccccc4C3)C(=O)N(c3ccc(Cl)cc3Cl)C2=O)cc1. The summed E-state index contributed by atoms with van der Waals surface area (Å²) in [6, 6.07) is 20.9. The number of carbonyl (C=O) groups excluding carboxylic acids is 2. The van der Waals surface area contributed by atoms with Gasteiger partial charge in [-0.2, -0.15) is 0 Å². The van der Waals surface area contributed by atoms with Crippen LogP contribution >= 0.6 is 35.0 Å². The summed E-state index contributed by atoms with van der Waals surface area (Å²) in [6.45, 7) is 3.25. The molecule has 0 saturated heterocycles. The van der Waals surface area contributed by atoms with E-state index in [0.717, 1.165) is 16.9 Å². The summed E-state index contributed by atoms with van der Waals surface area (Å²) in [5.74, 6) is -0.734. The Morgan fingerprint density at radius 3 is 2.33 bits per heavy atom. The minimum atomic E-state index is -0.372. The molecule has 166 valence electrons. The zero-order valence-corrected chi connectivity index (χ0v) is 20.2. The third kappa shape index (κ3) is 4.17. The number of amides is 2. The fourth-order valence-corrected chi connectivity index (χ4v) is 5.65. The fourth-order valence-electron chi connectivity index (χ4n) is 4.16. The average molecular weight is 495 g/mol. The van der Waals surface area contributed by atoms with Gasteiger partial charge in [0.25, 0.3) is 11.8 Å². The molecule has 0 bridgehead atoms. The standard InChI is InChI=1S/C26H20Cl2N2O2S/c1-16-6-9-20(10-7-16)33-24-23(29-13-12-17-4-2-3-5-18(17)15-29)25(31)30(26(24)32)22-11-8-19(27)14-21(22)28/h2-11,14H,12-13,15H2,1H3. The number of fused-ring (bicyclic) bond motifs is 1. The lowest BCUT2D eigenvalue weighted by Crippen LogP contribution is -2.37. The zero-order chi connectivity index (χ0) is 23.1. The van der Waals surface area contributed by atoms with Crippen LogP contribution in [0.4, 0.5) is 5.69 Å². The Bertz CT molecular complexity index is 1300. The van der Waals surface area contributed by atoms with Gasteiger partial charge >= 0.3 is 0 Å². The van der Waals surface area contributed by atoms with Gasteiger partial charge in [0.15, 0.2) is 0 Å². The lowest BCUT2D eigenvalue weighted by Gasteiger charge is -2.31. The molecule has 0 saturated carbocycles. The monoisotopic (exact) mass is 494 g/mol. The van der Waals surface area contributed by atoms with E-state index in [1.807, 2.05) is 48.2 Å². The zero-order valence-electron chi connectivity index (χ0n) is 17.8. The second-order valence-corrected chi connectivity index (χ2v) is 10.0. The summed E-state index contributed by atoms with van der Waals surface area (Å²) in [7, 11) is 0. The van der Waals surface area contributed by atoms with E-state index in [2.05, 4.69) is 12.1 Å². The lowest BCUT2D eigenvalue weighted by atomic mass is 9.99. The van der Waals surface area contributed by atoms with Crippen molar-refractivity contribution in [1.82, 2.24) is 4.90 Å². The van der Waals surface area contributed by atoms with Gasteiger partial charge in [-0.1, -0.05) is 76.9 Å². The van der Waals surface area contributed by atoms with Crippen molar-refractivity contribution in [3.63, 3.8) is 0 Å². The maximum absolute atomic E-state index is 13.7. The first kappa shape index (κ1) is 22.1. The molecule has 0 N–H and O–H groups in total. The highest BCUT2D eigenvalue weighted by molar-refractivity contribution is 8.04. The molecule has 0 fully saturated rings. The van der Waals surface area contributed by atoms with Gasteiger partial charge in [0.2, 0.25) is 0 Å². The minimum Gasteiger partial charge on any atom is -0.361 e. The summed E-state index contributed by atoms with van der Waals surface area (Å²) >= 11 is 13.8. The van der Waals surface area contributed by atoms with Gasteiger partial charge in [0.1, 0.15) is 10.6 Å². The fraction of sp³-hybridized carbons (Fsp3) is 0.154. The molecule has 0 aromatic heterocycles. The van der Waals surface area contributed by atoms with Crippen LogP contribution in [0.25, 0.3) is 0 Å². The first-order valence-electron chi connectivity index (χ1n) is 10.6. The Morgan fingerprint density at radius 2 is 1.61 bits per heavy atom. The van der Waals surface area contributed by atoms with Crippen LogP contribution in [0.3, 0.4) is 0 Å². The molecular formula is C26H20Cl2N2O2S. The molecule has 2 heterocycles. The predicted molar refractivity (Wildman–Crippen MR) is 134 cm³/mol. The molecule has 0 atom stereocenters. The van der Waals surface area contributed by atoms with Crippen LogP contribution in [0, 0.1) is 6.92 Å². The summed E-state index contributed by atoms with van der Waals surface area (Å²) < 4.78 is 0. The van der Waals surface area contributed by atoms with Crippen LogP contribution in [-0.2, 0) is 22.6 Å². The van der Waals surface area contributed by atoms with Crippen molar-refractivity contribution in [2.45, 2.75) is 24.8 Å². The van der Waals surface area contributed by atoms with E-state index in [1.165, 1.54) is 27.8 Å². The van der Waals surface area contributed by atoms with E-state index in [9.17, 15) is 9.59 Å². The molecule has 0 radical (unpaired) electrons. The van der Waals surface area contributed by atoms with Gasteiger partial charge in [-0.15, -0.1) is 0 Å². The van der Waals surface area contributed by atoms with Gasteiger partial charge in [0, 0.05) is 23.0 Å². The number of halogens is 2. The third-order valence-corrected chi connectivity index (χ3v) is 7.47. The second-order valence-electron chi connectivity index (χ2n) is 8.07. The Kier molecular flexibility index (Phi) is 5.95. The van der Waals surface area contributed by atoms with Crippen LogP contribution in [0.15, 0.2) is 82.2 Å². The molecule has 5 rings (SSSR count). The molecule has 4 nitrogen and oxygen atoms in total. The topological polar surface area (TPSA) is 40.6 Å². The van der Waals surface area contributed by atoms with Crippen molar-refractivity contribution < 1.29 is 9.59 Å². The Balaban J connectivity index is 1.57. The van der Waals surface area contributed by atoms with Crippen molar-refractivity contribution in [3.05, 3.63) is 104 Å². The molecule has 0 spiro atoms. The predicted octanol–water partition coefficient (Wildman–Crippen LogP) is 6.24. The highest BCUT2D eigenvalue weighted by Crippen LogP contribution is 2.42. The first-order chi connectivity index (χ1) is 15.9. The maximum Gasteiger partial charge on any atom is 0.283 e. The average Bonchev–Trinajstić information content (AvgIpc) is 3.04. The smallest absolute Gasteiger partial charge is 0.283 e. The van der Waals surface area contributed by atoms with E-state index < -0.39 is 0 Å². The summed E-state index contributed by atoms with van der Waals surface area (Å²) in [6.07, 6.45) is 0.811. The van der Waals surface area contributed by atoms with E-state index >= 15 is 0 Å². The number of anilines is 1. The molecule has 2 aliphatic rings. The van der Waals surface area contributed by atoms with Crippen molar-refractivity contribution in [2.24, 2.45) is 0 Å². The van der Waals surface area contributed by atoms with E-state index in [0.29, 0.717) is 34.4 Å². The van der Waals surface area contributed by atoms with Crippen LogP contribution in [0.5, 0.6) is 0 Å². The van der Waals surface area contributed by atoms with Crippen LogP contribution < -0.4 is 4.90 Å². The molecule has 3 aromatic rings. The molecule has 2 aliphatic heterocycles. The number of aryl methyl sites for hydroxylation is 1. The van der Waals surface area contributed by atoms with E-state index in [1.54, 1.807) is 18.2 Å². The molecule has 33 heavy (non-hydrogen) atoms. The first-order valence-corrected chi connectivity index (χ1v) is 12.1. The molecule has 3 aromatic carbocycles. The maximum atomic E-state index is 13.7. The number of nitrogens with zero attached hydrogens (tertiary/aromatic N) is 2. The Labute approximate surface area is 206 Å². The molecular weight excluding hydrogens is 475 g/mol. The molecule has 2 amide bonds. The Hall–Kier alpha value is -2.73. The molecule has 0 unspecified atom stereocenters. The van der Waals surface area contributed by atoms with Crippen molar-refractivity contribution >= 4 is 52.5 Å². The largest absolute Gasteiger partial charge is 0.361 e. The van der Waals surface area contributed by atoms with Gasteiger partial charge < -0.3 is 4.90 Å². The van der Waals surface area contributed by atoms with Crippen LogP contribution in [0.2, 0.25) is 10.0 Å². The highest BCUT2D eigenvalue weighted by atomic mass is 35.5. The number of carbonyl (C=O) groups is 2. The quantitative estimate of drug-likeness (QED) is 0.402. The number of hydrogen-bond acceptors (Lipinski definition) is 4. The van der Waals surface area contributed by atoms with Gasteiger partial charge in [0.05, 0.1) is 10.7 Å². The van der Waals surface area contributed by atoms with Crippen molar-refractivity contribution in [1.29, 1.82) is 0 Å². The number of benzene rings is 3. The third-order valence-electron chi connectivity index (χ3n) is 5.86. The number of thioether (sulfide) groups is 1. The second kappa shape index (κ2) is 8.90. The molecule has 0 aliphatic carbocycles. The van der Waals surface area contributed by atoms with Gasteiger partial charge in [-0.05, 0) is 54.8 Å². The normalized spacial score (nSPS) is 16.0. The van der Waals surface area contributed by atoms with Gasteiger partial charge in [-0.3, -0.25) is 9.59 Å². The van der Waals surface area contributed by atoms with E-state index in [4.69, 9.17) is 23.2 Å². The lowest BCUT2D eigenvalue weighted by molar-refractivity contribution is -0.121. The summed E-state index contributed by atoms with van der Waals surface area (Å²) in [5, 5.41) is 0.701. The van der Waals surface area contributed by atoms with E-state index in [-0.39, 0.29) is 16.8 Å². The van der Waals surface area contributed by atoms with Crippen LogP contribution in [-0.4, -0.2) is 23.3 Å². The van der Waals surface area contributed by atoms with Gasteiger partial charge in [-0.25, -0.2) is 4.90 Å². The number of hydrogen-bond donors (Lipinski definition) is 0. The summed E-state index contributed by atoms with van der Waals surface area (Å²) in [4.78, 5) is 31.9. The van der Waals surface area contributed by atoms with Crippen molar-refractivity contribution in [2.75, 3.05) is 11.4 Å². The Morgan fingerprint density at radius 1 is 0.879 bits per heavy atom. The van der Waals surface area contributed by atoms with Crippen LogP contribution in [0.1, 0.15) is 16.7 Å².